The second kappa shape index (κ2) is 10.7. The van der Waals surface area contributed by atoms with Crippen LogP contribution in [0.5, 0.6) is 11.5 Å². The van der Waals surface area contributed by atoms with Crippen molar-refractivity contribution in [3.05, 3.63) is 59.2 Å². The lowest BCUT2D eigenvalue weighted by molar-refractivity contribution is -0.143. The van der Waals surface area contributed by atoms with Gasteiger partial charge in [0, 0.05) is 0 Å². The third kappa shape index (κ3) is 5.56. The van der Waals surface area contributed by atoms with Crippen molar-refractivity contribution in [2.45, 2.75) is 20.3 Å². The predicted octanol–water partition coefficient (Wildman–Crippen LogP) is 3.03. The Bertz CT molecular complexity index is 1110. The van der Waals surface area contributed by atoms with Gasteiger partial charge in [-0.05, 0) is 67.0 Å². The van der Waals surface area contributed by atoms with E-state index in [1.807, 2.05) is 19.1 Å². The summed E-state index contributed by atoms with van der Waals surface area (Å²) in [6.45, 7) is 3.91. The quantitative estimate of drug-likeness (QED) is 0.275. The number of amides is 2. The van der Waals surface area contributed by atoms with E-state index in [1.165, 1.54) is 18.1 Å². The molecule has 0 bridgehead atoms. The van der Waals surface area contributed by atoms with Crippen molar-refractivity contribution < 1.29 is 28.6 Å². The maximum absolute atomic E-state index is 13.2. The number of methoxy groups -OCH3 is 1. The molecular formula is C24H24N2O6S. The Morgan fingerprint density at radius 1 is 1.06 bits per heavy atom. The minimum Gasteiger partial charge on any atom is -0.490 e. The molecule has 0 atom stereocenters. The Hall–Kier alpha value is -3.72. The van der Waals surface area contributed by atoms with Gasteiger partial charge in [0.2, 0.25) is 0 Å². The van der Waals surface area contributed by atoms with E-state index in [4.69, 9.17) is 21.7 Å². The second-order valence-corrected chi connectivity index (χ2v) is 7.37. The fourth-order valence-electron chi connectivity index (χ4n) is 3.14. The van der Waals surface area contributed by atoms with Crippen LogP contribution in [0.15, 0.2) is 48.0 Å². The Kier molecular flexibility index (Phi) is 7.78. The van der Waals surface area contributed by atoms with Crippen molar-refractivity contribution >= 4 is 46.9 Å². The van der Waals surface area contributed by atoms with Crippen LogP contribution >= 0.6 is 12.2 Å². The van der Waals surface area contributed by atoms with E-state index < -0.39 is 17.8 Å². The number of anilines is 1. The highest BCUT2D eigenvalue weighted by Crippen LogP contribution is 2.30. The zero-order valence-corrected chi connectivity index (χ0v) is 19.4. The molecule has 9 heteroatoms. The minimum atomic E-state index is -0.588. The van der Waals surface area contributed by atoms with Crippen molar-refractivity contribution in [3.63, 3.8) is 0 Å². The molecule has 0 unspecified atom stereocenters. The number of rotatable bonds is 8. The molecule has 2 amide bonds. The molecule has 8 nitrogen and oxygen atoms in total. The van der Waals surface area contributed by atoms with Crippen molar-refractivity contribution in [2.75, 3.05) is 25.2 Å². The molecule has 0 aliphatic carbocycles. The van der Waals surface area contributed by atoms with Gasteiger partial charge in [0.15, 0.2) is 23.2 Å². The Balaban J connectivity index is 1.91. The highest BCUT2D eigenvalue weighted by atomic mass is 32.1. The zero-order chi connectivity index (χ0) is 24.0. The van der Waals surface area contributed by atoms with E-state index in [0.717, 1.165) is 12.0 Å². The van der Waals surface area contributed by atoms with Gasteiger partial charge in [-0.15, -0.1) is 0 Å². The Labute approximate surface area is 197 Å². The van der Waals surface area contributed by atoms with E-state index in [-0.39, 0.29) is 17.3 Å². The number of nitrogens with one attached hydrogen (secondary N) is 1. The standard InChI is InChI=1S/C24H24N2O6S/c1-4-15-6-9-17(10-7-15)26-23(29)18(22(28)25-24(26)33)12-16-8-11-19(20(13-16)31-5-2)32-14-21(27)30-3/h6-13H,4-5,14H2,1-3H3,(H,25,28,33). The lowest BCUT2D eigenvalue weighted by atomic mass is 10.1. The molecule has 1 N–H and O–H groups in total. The summed E-state index contributed by atoms with van der Waals surface area (Å²) in [5.41, 5.74) is 2.15. The average molecular weight is 469 g/mol. The number of thiocarbonyl (C=S) groups is 1. The summed E-state index contributed by atoms with van der Waals surface area (Å²) in [5.74, 6) is -0.951. The van der Waals surface area contributed by atoms with E-state index in [1.54, 1.807) is 37.3 Å². The van der Waals surface area contributed by atoms with Gasteiger partial charge in [-0.2, -0.15) is 0 Å². The number of benzene rings is 2. The molecule has 0 spiro atoms. The molecule has 33 heavy (non-hydrogen) atoms. The molecule has 3 rings (SSSR count). The van der Waals surface area contributed by atoms with Crippen molar-refractivity contribution in [1.82, 2.24) is 5.32 Å². The Morgan fingerprint density at radius 3 is 2.42 bits per heavy atom. The third-order valence-corrected chi connectivity index (χ3v) is 5.14. The Morgan fingerprint density at radius 2 is 1.79 bits per heavy atom. The topological polar surface area (TPSA) is 94.2 Å². The summed E-state index contributed by atoms with van der Waals surface area (Å²) >= 11 is 5.25. The predicted molar refractivity (Wildman–Crippen MR) is 127 cm³/mol. The van der Waals surface area contributed by atoms with E-state index >= 15 is 0 Å². The number of ether oxygens (including phenoxy) is 3. The van der Waals surface area contributed by atoms with Gasteiger partial charge in [0.25, 0.3) is 11.8 Å². The molecule has 2 aromatic carbocycles. The molecule has 1 aliphatic heterocycles. The summed E-state index contributed by atoms with van der Waals surface area (Å²) in [6, 6.07) is 12.3. The first-order valence-corrected chi connectivity index (χ1v) is 10.8. The lowest BCUT2D eigenvalue weighted by Crippen LogP contribution is -2.54. The van der Waals surface area contributed by atoms with Gasteiger partial charge in [0.05, 0.1) is 19.4 Å². The number of nitrogens with zero attached hydrogens (tertiary/aromatic N) is 1. The summed E-state index contributed by atoms with van der Waals surface area (Å²) < 4.78 is 15.6. The number of aryl methyl sites for hydroxylation is 1. The molecule has 1 fully saturated rings. The summed E-state index contributed by atoms with van der Waals surface area (Å²) in [5, 5.41) is 2.59. The first-order chi connectivity index (χ1) is 15.9. The van der Waals surface area contributed by atoms with Crippen molar-refractivity contribution in [2.24, 2.45) is 0 Å². The van der Waals surface area contributed by atoms with Gasteiger partial charge in [-0.3, -0.25) is 19.8 Å². The van der Waals surface area contributed by atoms with Crippen LogP contribution in [0.25, 0.3) is 6.08 Å². The molecule has 0 saturated carbocycles. The molecule has 1 saturated heterocycles. The highest BCUT2D eigenvalue weighted by Gasteiger charge is 2.34. The monoisotopic (exact) mass is 468 g/mol. The van der Waals surface area contributed by atoms with Crippen molar-refractivity contribution in [3.8, 4) is 11.5 Å². The number of hydrogen-bond acceptors (Lipinski definition) is 7. The van der Waals surface area contributed by atoms with Crippen molar-refractivity contribution in [1.29, 1.82) is 0 Å². The van der Waals surface area contributed by atoms with Crippen LogP contribution in [0.3, 0.4) is 0 Å². The van der Waals surface area contributed by atoms with E-state index in [2.05, 4.69) is 10.1 Å². The van der Waals surface area contributed by atoms with Crippen LogP contribution in [0.1, 0.15) is 25.0 Å². The molecule has 172 valence electrons. The van der Waals surface area contributed by atoms with Crippen LogP contribution in [0.2, 0.25) is 0 Å². The smallest absolute Gasteiger partial charge is 0.343 e. The molecular weight excluding hydrogens is 444 g/mol. The van der Waals surface area contributed by atoms with Gasteiger partial charge < -0.3 is 14.2 Å². The largest absolute Gasteiger partial charge is 0.490 e. The SMILES string of the molecule is CCOc1cc(C=C2C(=O)NC(=S)N(c3ccc(CC)cc3)C2=O)ccc1OCC(=O)OC. The third-order valence-electron chi connectivity index (χ3n) is 4.86. The van der Waals surface area contributed by atoms with Crippen LogP contribution in [-0.4, -0.2) is 43.2 Å². The average Bonchev–Trinajstić information content (AvgIpc) is 2.81. The van der Waals surface area contributed by atoms with Gasteiger partial charge in [0.1, 0.15) is 5.57 Å². The molecule has 1 aliphatic rings. The lowest BCUT2D eigenvalue weighted by Gasteiger charge is -2.29. The second-order valence-electron chi connectivity index (χ2n) is 6.98. The maximum Gasteiger partial charge on any atom is 0.343 e. The summed E-state index contributed by atoms with van der Waals surface area (Å²) in [4.78, 5) is 38.4. The zero-order valence-electron chi connectivity index (χ0n) is 18.5. The number of carbonyl (C=O) groups excluding carboxylic acids is 3. The number of hydrogen-bond donors (Lipinski definition) is 1. The van der Waals surface area contributed by atoms with E-state index in [9.17, 15) is 14.4 Å². The van der Waals surface area contributed by atoms with Crippen LogP contribution in [0.4, 0.5) is 5.69 Å². The van der Waals surface area contributed by atoms with Crippen LogP contribution in [0, 0.1) is 0 Å². The van der Waals surface area contributed by atoms with Gasteiger partial charge in [-0.1, -0.05) is 25.1 Å². The molecule has 1 heterocycles. The van der Waals surface area contributed by atoms with Gasteiger partial charge >= 0.3 is 5.97 Å². The normalized spacial score (nSPS) is 14.8. The van der Waals surface area contributed by atoms with Gasteiger partial charge in [-0.25, -0.2) is 4.79 Å². The first kappa shape index (κ1) is 23.9. The number of esters is 1. The molecule has 0 aromatic heterocycles. The minimum absolute atomic E-state index is 0.0213. The highest BCUT2D eigenvalue weighted by molar-refractivity contribution is 7.80. The number of carbonyl (C=O) groups is 3. The first-order valence-electron chi connectivity index (χ1n) is 10.3. The molecule has 0 radical (unpaired) electrons. The molecule has 2 aromatic rings. The van der Waals surface area contributed by atoms with Crippen LogP contribution in [-0.2, 0) is 25.5 Å². The fourth-order valence-corrected chi connectivity index (χ4v) is 3.42. The maximum atomic E-state index is 13.2. The van der Waals surface area contributed by atoms with Crippen LogP contribution < -0.4 is 19.7 Å². The summed E-state index contributed by atoms with van der Waals surface area (Å²) in [7, 11) is 1.27. The van der Waals surface area contributed by atoms with E-state index in [0.29, 0.717) is 29.4 Å². The fraction of sp³-hybridized carbons (Fsp3) is 0.250. The summed E-state index contributed by atoms with van der Waals surface area (Å²) in [6.07, 6.45) is 2.32.